The fourth-order valence-corrected chi connectivity index (χ4v) is 11.4. The first kappa shape index (κ1) is 105. The summed E-state index contributed by atoms with van der Waals surface area (Å²) in [6.45, 7) is 11.3. The van der Waals surface area contributed by atoms with E-state index in [4.69, 9.17) is 156 Å². The summed E-state index contributed by atoms with van der Waals surface area (Å²) in [6, 6.07) is 16.9. The minimum atomic E-state index is -0.855. The summed E-state index contributed by atoms with van der Waals surface area (Å²) >= 11 is 5.67. The van der Waals surface area contributed by atoms with Crippen molar-refractivity contribution in [3.05, 3.63) is 121 Å². The third-order valence-electron chi connectivity index (χ3n) is 11.5. The molecule has 4 heterocycles. The Bertz CT molecular complexity index is 2620. The number of hydrogen-bond donors (Lipinski definition) is 6. The second kappa shape index (κ2) is 66.4. The zero-order chi connectivity index (χ0) is 71.4. The summed E-state index contributed by atoms with van der Waals surface area (Å²) in [6.07, 6.45) is 7.27. The number of esters is 2. The normalized spacial score (nSPS) is 9.22. The molecule has 5 rings (SSSR count). The Labute approximate surface area is 630 Å². The monoisotopic (exact) mass is 1320 g/mol. The van der Waals surface area contributed by atoms with Gasteiger partial charge in [0.2, 0.25) is 0 Å². The largest absolute Gasteiger partial charge is 1.00 e. The molecule has 0 bridgehead atoms. The number of aromatic carboxylic acids is 2. The number of aliphatic hydroxyl groups excluding tert-OH is 4. The van der Waals surface area contributed by atoms with Crippen LogP contribution in [0.4, 0.5) is 0 Å². The van der Waals surface area contributed by atoms with E-state index in [2.05, 4.69) is 0 Å². The van der Waals surface area contributed by atoms with E-state index < -0.39 is 50.2 Å². The van der Waals surface area contributed by atoms with Crippen LogP contribution >= 0.6 is 45.3 Å². The molecule has 7 N–H and O–H groups in total. The number of aliphatic hydroxyl groups is 4. The first-order chi connectivity index (χ1) is 43.9. The van der Waals surface area contributed by atoms with Gasteiger partial charge < -0.3 is 45.6 Å². The van der Waals surface area contributed by atoms with Gasteiger partial charge in [0.25, 0.3) is 0 Å². The van der Waals surface area contributed by atoms with Crippen LogP contribution in [0.1, 0.15) is 152 Å². The third-order valence-corrected chi connectivity index (χ3v) is 16.7. The van der Waals surface area contributed by atoms with Crippen molar-refractivity contribution in [3.63, 3.8) is 0 Å². The van der Waals surface area contributed by atoms with Crippen LogP contribution < -0.4 is 18.9 Å². The number of thiophene rings is 4. The molecule has 0 saturated carbocycles. The molecule has 13 nitrogen and oxygen atoms in total. The number of carbonyl (C=O) groups is 4. The maximum atomic E-state index is 12.1. The predicted octanol–water partition coefficient (Wildman–Crippen LogP) is -2.78. The first-order valence-corrected chi connectivity index (χ1v) is 33.1. The average molecular weight is 1320 g/mol. The number of carboxylic acid groups (broad SMARTS) is 2. The number of unbranched alkanes of at least 4 members (excludes halogenated alkanes) is 4. The second-order valence-electron chi connectivity index (χ2n) is 20.2. The van der Waals surface area contributed by atoms with Gasteiger partial charge in [0, 0.05) is 249 Å². The molecule has 5 aromatic rings. The Morgan fingerprint density at radius 2 is 0.750 bits per heavy atom. The number of ether oxygens (including phenoxy) is 2. The molecule has 0 saturated heterocycles. The number of aryl methyl sites for hydroxylation is 8. The van der Waals surface area contributed by atoms with Crippen LogP contribution in [0, 0.1) is 27.7 Å². The topological polar surface area (TPSA) is 238 Å². The van der Waals surface area contributed by atoms with Gasteiger partial charge in [-0.1, -0.05) is 37.8 Å². The van der Waals surface area contributed by atoms with Crippen molar-refractivity contribution in [3.8, 4) is 0 Å². The molecule has 0 unspecified atom stereocenters. The minimum absolute atomic E-state index is 0. The molecule has 0 aliphatic rings. The van der Waals surface area contributed by atoms with Crippen LogP contribution in [0.15, 0.2) is 54.6 Å². The molecule has 0 spiro atoms. The molecule has 0 aliphatic carbocycles. The zero-order valence-electron chi connectivity index (χ0n) is 55.8. The van der Waals surface area contributed by atoms with E-state index in [0.29, 0.717) is 32.7 Å². The van der Waals surface area contributed by atoms with Crippen LogP contribution in [0.3, 0.4) is 0 Å². The van der Waals surface area contributed by atoms with Crippen molar-refractivity contribution < 1.29 is 83.6 Å². The molecule has 0 amide bonds. The molecule has 0 aliphatic heterocycles. The fraction of sp³-hybridized carbons (Fsp3) is 0.480. The van der Waals surface area contributed by atoms with E-state index >= 15 is 0 Å². The minimum Gasteiger partial charge on any atom is -0.870 e. The molecule has 46 heteroatoms. The number of carboxylic acids is 2. The van der Waals surface area contributed by atoms with Crippen molar-refractivity contribution in [1.82, 2.24) is 0 Å². The zero-order valence-corrected chi connectivity index (χ0v) is 59.1. The maximum absolute atomic E-state index is 12.1. The van der Waals surface area contributed by atoms with Crippen LogP contribution in [-0.2, 0) is 41.8 Å². The summed E-state index contributed by atoms with van der Waals surface area (Å²) in [5, 5.41) is 52.3. The predicted molar refractivity (Wildman–Crippen MR) is 432 cm³/mol. The van der Waals surface area contributed by atoms with Gasteiger partial charge in [0.1, 0.15) is 26.1 Å². The van der Waals surface area contributed by atoms with E-state index in [1.165, 1.54) is 90.4 Å². The van der Waals surface area contributed by atoms with Gasteiger partial charge in [-0.2, -0.15) is 0 Å². The van der Waals surface area contributed by atoms with Gasteiger partial charge in [-0.05, 0) is 164 Å². The molecule has 0 atom stereocenters. The molecule has 0 fully saturated rings. The summed E-state index contributed by atoms with van der Waals surface area (Å²) < 4.78 is 10.3. The van der Waals surface area contributed by atoms with Gasteiger partial charge in [-0.15, -0.1) is 45.3 Å². The van der Waals surface area contributed by atoms with Crippen molar-refractivity contribution >= 4 is 272 Å². The molecule has 1 aromatic carbocycles. The number of benzene rings is 1. The van der Waals surface area contributed by atoms with E-state index in [1.807, 2.05) is 70.2 Å². The van der Waals surface area contributed by atoms with Crippen LogP contribution in [-0.4, -0.2) is 296 Å². The van der Waals surface area contributed by atoms with Gasteiger partial charge in [-0.3, -0.25) is 0 Å². The average Bonchev–Trinajstić information content (AvgIpc) is 1.81. The Hall–Kier alpha value is -1.88. The smallest absolute Gasteiger partial charge is 0.870 e. The Morgan fingerprint density at radius 1 is 0.458 bits per heavy atom. The molecule has 458 valence electrons. The third kappa shape index (κ3) is 57.7. The summed E-state index contributed by atoms with van der Waals surface area (Å²) in [5.74, 6) is -2.21. The summed E-state index contributed by atoms with van der Waals surface area (Å²) in [7, 11) is 84.5. The second-order valence-corrected chi connectivity index (χ2v) is 24.7. The SMILES string of the molecule is C.CCOC(=O)c1cc(C)c(CCCCO)s1.Cc1cc(C(=O)O)sc1CCCCO.Cc1cc(C(=O)O)sc1CCCCO.Cc1cc(C(=O)OCc2ccccc2)sc1CCCCO.[B]B([B])[B]B([B])[B].[B]B([B])[B]B([B])[B].[B][B]B([B])[B]B([B])[B].[B][B][B]B([B])[B].[Li+].[OH-]. The number of carbonyl (C=O) groups excluding carboxylic acids is 2. The molecule has 96 heavy (non-hydrogen) atoms. The summed E-state index contributed by atoms with van der Waals surface area (Å²) in [4.78, 5) is 51.7. The molecular weight excluding hydrogens is 1250 g/mol. The van der Waals surface area contributed by atoms with E-state index in [0.717, 1.165) is 115 Å². The molecule has 4 aromatic heterocycles. The summed E-state index contributed by atoms with van der Waals surface area (Å²) in [5.41, 5.74) is 5.36. The van der Waals surface area contributed by atoms with Crippen LogP contribution in [0.5, 0.6) is 0 Å². The van der Waals surface area contributed by atoms with Crippen molar-refractivity contribution in [2.45, 2.75) is 126 Å². The van der Waals surface area contributed by atoms with Gasteiger partial charge in [-0.25, -0.2) is 19.2 Å². The molecule has 36 radical (unpaired) electrons. The number of hydrogen-bond acceptors (Lipinski definition) is 15. The quantitative estimate of drug-likeness (QED) is 0.0146. The van der Waals surface area contributed by atoms with Crippen molar-refractivity contribution in [1.29, 1.82) is 0 Å². The van der Waals surface area contributed by atoms with Crippen LogP contribution in [0.2, 0.25) is 0 Å². The fourth-order valence-electron chi connectivity index (χ4n) is 7.03. The van der Waals surface area contributed by atoms with Gasteiger partial charge in [0.05, 0.1) is 6.61 Å². The van der Waals surface area contributed by atoms with Gasteiger partial charge in [0.15, 0.2) is 0 Å². The Balaban J connectivity index is -0.000000249. The Kier molecular flexibility index (Phi) is 72.7. The van der Waals surface area contributed by atoms with Crippen molar-refractivity contribution in [2.24, 2.45) is 0 Å². The Morgan fingerprint density at radius 3 is 0.958 bits per heavy atom. The standard InChI is InChI=1S/C17H20O3S.C12H18O3S.2C10H14O3S.CH4.B8.2B7.B6.Li.H2O/c1-13-11-16(21-15(13)9-5-6-10-18)17(19)20-12-14-7-3-2-4-8-14;1-3-15-12(14)11-8-9(2)10(16-11)6-4-5-7-13;2*1-7-6-9(10(12)13)14-8(7)4-2-3-5-11;;1-5-8(4)6-7(2)3;2*1-6(2)5-7(3)4;1-4-5-6(2)3;;/h2-4,7-8,11,18H,5-6,9-10,12H2,1H3;8,13H,3-7H2,1-2H3;2*6,11H,2-5H2,1H3,(H,12,13);1H4;;;;;;1H2/q;;;;;;;;;+1;/p-1. The number of rotatable bonds is 32. The van der Waals surface area contributed by atoms with E-state index in [-0.39, 0.29) is 76.5 Å². The van der Waals surface area contributed by atoms with Gasteiger partial charge >= 0.3 is 42.7 Å². The molecular formula is C50H71B28LiO13S4. The van der Waals surface area contributed by atoms with Crippen LogP contribution in [0.25, 0.3) is 0 Å². The van der Waals surface area contributed by atoms with Crippen molar-refractivity contribution in [2.75, 3.05) is 33.0 Å². The maximum Gasteiger partial charge on any atom is 1.00 e. The van der Waals surface area contributed by atoms with E-state index in [9.17, 15) is 19.2 Å². The first-order valence-electron chi connectivity index (χ1n) is 29.8. The van der Waals surface area contributed by atoms with E-state index in [1.54, 1.807) is 26.1 Å².